The number of rotatable bonds is 6. The van der Waals surface area contributed by atoms with Crippen molar-refractivity contribution in [2.45, 2.75) is 31.3 Å². The third-order valence-corrected chi connectivity index (χ3v) is 6.19. The Balaban J connectivity index is 1.28. The molecule has 1 aliphatic carbocycles. The first-order valence-corrected chi connectivity index (χ1v) is 10.8. The van der Waals surface area contributed by atoms with Crippen LogP contribution in [0.1, 0.15) is 30.7 Å². The van der Waals surface area contributed by atoms with Gasteiger partial charge < -0.3 is 24.0 Å². The maximum atomic E-state index is 13.0. The number of morpholine rings is 1. The molecule has 2 aliphatic heterocycles. The van der Waals surface area contributed by atoms with Crippen LogP contribution in [-0.4, -0.2) is 52.0 Å². The minimum atomic E-state index is -0.443. The molecule has 3 aliphatic rings. The molecule has 2 aromatic rings. The fourth-order valence-electron chi connectivity index (χ4n) is 4.32. The molecule has 3 fully saturated rings. The molecule has 6 heteroatoms. The molecule has 0 spiro atoms. The molecule has 0 N–H and O–H groups in total. The van der Waals surface area contributed by atoms with Gasteiger partial charge in [-0.15, -0.1) is 0 Å². The van der Waals surface area contributed by atoms with Crippen LogP contribution in [0.4, 0.5) is 11.4 Å². The van der Waals surface area contributed by atoms with E-state index >= 15 is 0 Å². The Labute approximate surface area is 177 Å². The molecule has 0 bridgehead atoms. The van der Waals surface area contributed by atoms with Crippen LogP contribution < -0.4 is 19.3 Å². The second-order valence-corrected chi connectivity index (χ2v) is 8.18. The van der Waals surface area contributed by atoms with E-state index in [0.717, 1.165) is 55.1 Å². The standard InChI is InChI=1S/C24H28N2O4/c1-28-23-16-19(6-9-21(23)25-12-14-29-15-13-25)26-11-10-22(24(26)27)30-20-7-4-18(5-8-20)17-2-3-17/h4-9,16-17,22H,2-3,10-15H2,1H3. The van der Waals surface area contributed by atoms with E-state index in [1.54, 1.807) is 12.0 Å². The highest BCUT2D eigenvalue weighted by Gasteiger charge is 2.35. The summed E-state index contributed by atoms with van der Waals surface area (Å²) in [6.07, 6.45) is 2.80. The van der Waals surface area contributed by atoms with Crippen LogP contribution in [-0.2, 0) is 9.53 Å². The van der Waals surface area contributed by atoms with Gasteiger partial charge in [-0.25, -0.2) is 0 Å². The van der Waals surface area contributed by atoms with Gasteiger partial charge in [0.05, 0.1) is 26.0 Å². The van der Waals surface area contributed by atoms with Crippen molar-refractivity contribution < 1.29 is 19.0 Å². The van der Waals surface area contributed by atoms with Crippen LogP contribution in [0.25, 0.3) is 0 Å². The molecule has 1 amide bonds. The van der Waals surface area contributed by atoms with Gasteiger partial charge in [0.15, 0.2) is 6.10 Å². The van der Waals surface area contributed by atoms with Crippen molar-refractivity contribution in [3.05, 3.63) is 48.0 Å². The summed E-state index contributed by atoms with van der Waals surface area (Å²) in [6.45, 7) is 3.76. The highest BCUT2D eigenvalue weighted by Crippen LogP contribution is 2.40. The maximum absolute atomic E-state index is 13.0. The number of ether oxygens (including phenoxy) is 3. The third kappa shape index (κ3) is 3.84. The van der Waals surface area contributed by atoms with Crippen molar-refractivity contribution in [2.24, 2.45) is 0 Å². The van der Waals surface area contributed by atoms with Gasteiger partial charge in [-0.05, 0) is 48.6 Å². The molecular weight excluding hydrogens is 380 g/mol. The zero-order chi connectivity index (χ0) is 20.5. The lowest BCUT2D eigenvalue weighted by molar-refractivity contribution is -0.122. The van der Waals surface area contributed by atoms with Crippen molar-refractivity contribution in [2.75, 3.05) is 49.8 Å². The van der Waals surface area contributed by atoms with Crippen molar-refractivity contribution >= 4 is 17.3 Å². The molecule has 2 aromatic carbocycles. The zero-order valence-corrected chi connectivity index (χ0v) is 17.4. The molecule has 0 aromatic heterocycles. The summed E-state index contributed by atoms with van der Waals surface area (Å²) in [5.74, 6) is 2.27. The fraction of sp³-hybridized carbons (Fsp3) is 0.458. The molecule has 1 atom stereocenters. The van der Waals surface area contributed by atoms with Crippen LogP contribution in [0, 0.1) is 0 Å². The van der Waals surface area contributed by atoms with E-state index in [9.17, 15) is 4.79 Å². The van der Waals surface area contributed by atoms with E-state index in [2.05, 4.69) is 17.0 Å². The number of nitrogens with zero attached hydrogens (tertiary/aromatic N) is 2. The summed E-state index contributed by atoms with van der Waals surface area (Å²) in [5.41, 5.74) is 3.26. The molecule has 1 unspecified atom stereocenters. The Kier molecular flexibility index (Phi) is 5.25. The van der Waals surface area contributed by atoms with Gasteiger partial charge in [-0.3, -0.25) is 4.79 Å². The Morgan fingerprint density at radius 3 is 2.43 bits per heavy atom. The van der Waals surface area contributed by atoms with Gasteiger partial charge in [-0.1, -0.05) is 12.1 Å². The van der Waals surface area contributed by atoms with Crippen LogP contribution in [0.3, 0.4) is 0 Å². The van der Waals surface area contributed by atoms with Crippen molar-refractivity contribution in [3.63, 3.8) is 0 Å². The molecule has 30 heavy (non-hydrogen) atoms. The zero-order valence-electron chi connectivity index (χ0n) is 17.4. The molecule has 1 saturated carbocycles. The number of hydrogen-bond acceptors (Lipinski definition) is 5. The minimum Gasteiger partial charge on any atom is -0.495 e. The number of anilines is 2. The monoisotopic (exact) mass is 408 g/mol. The van der Waals surface area contributed by atoms with Crippen molar-refractivity contribution in [3.8, 4) is 11.5 Å². The topological polar surface area (TPSA) is 51.2 Å². The number of carbonyl (C=O) groups is 1. The first-order chi connectivity index (χ1) is 14.7. The molecular formula is C24H28N2O4. The molecule has 2 heterocycles. The fourth-order valence-corrected chi connectivity index (χ4v) is 4.32. The van der Waals surface area contributed by atoms with E-state index in [1.807, 2.05) is 30.3 Å². The normalized spacial score (nSPS) is 21.8. The predicted octanol–water partition coefficient (Wildman–Crippen LogP) is 3.59. The SMILES string of the molecule is COc1cc(N2CCC(Oc3ccc(C4CC4)cc3)C2=O)ccc1N1CCOCC1. The first-order valence-electron chi connectivity index (χ1n) is 10.8. The maximum Gasteiger partial charge on any atom is 0.268 e. The minimum absolute atomic E-state index is 0.00226. The van der Waals surface area contributed by atoms with Crippen molar-refractivity contribution in [1.82, 2.24) is 0 Å². The lowest BCUT2D eigenvalue weighted by Gasteiger charge is -2.30. The van der Waals surface area contributed by atoms with Gasteiger partial charge in [-0.2, -0.15) is 0 Å². The summed E-state index contributed by atoms with van der Waals surface area (Å²) >= 11 is 0. The number of hydrogen-bond donors (Lipinski definition) is 0. The van der Waals surface area contributed by atoms with Gasteiger partial charge in [0, 0.05) is 37.8 Å². The van der Waals surface area contributed by atoms with Crippen LogP contribution in [0.5, 0.6) is 11.5 Å². The van der Waals surface area contributed by atoms with E-state index in [1.165, 1.54) is 18.4 Å². The number of benzene rings is 2. The molecule has 6 nitrogen and oxygen atoms in total. The van der Waals surface area contributed by atoms with Crippen LogP contribution in [0.2, 0.25) is 0 Å². The Hall–Kier alpha value is -2.73. The number of carbonyl (C=O) groups excluding carboxylic acids is 1. The molecule has 2 saturated heterocycles. The third-order valence-electron chi connectivity index (χ3n) is 6.19. The average molecular weight is 408 g/mol. The Morgan fingerprint density at radius 2 is 1.73 bits per heavy atom. The Morgan fingerprint density at radius 1 is 0.967 bits per heavy atom. The molecule has 5 rings (SSSR count). The lowest BCUT2D eigenvalue weighted by Crippen LogP contribution is -2.36. The van der Waals surface area contributed by atoms with E-state index in [-0.39, 0.29) is 5.91 Å². The second-order valence-electron chi connectivity index (χ2n) is 8.18. The predicted molar refractivity (Wildman–Crippen MR) is 116 cm³/mol. The Bertz CT molecular complexity index is 904. The van der Waals surface area contributed by atoms with Crippen molar-refractivity contribution in [1.29, 1.82) is 0 Å². The largest absolute Gasteiger partial charge is 0.495 e. The van der Waals surface area contributed by atoms with Crippen LogP contribution >= 0.6 is 0 Å². The molecule has 0 radical (unpaired) electrons. The summed E-state index contributed by atoms with van der Waals surface area (Å²) in [5, 5.41) is 0. The molecule has 158 valence electrons. The smallest absolute Gasteiger partial charge is 0.268 e. The van der Waals surface area contributed by atoms with E-state index < -0.39 is 6.10 Å². The van der Waals surface area contributed by atoms with Gasteiger partial charge in [0.2, 0.25) is 0 Å². The van der Waals surface area contributed by atoms with Gasteiger partial charge in [0.25, 0.3) is 5.91 Å². The summed E-state index contributed by atoms with van der Waals surface area (Å²) in [6, 6.07) is 14.2. The van der Waals surface area contributed by atoms with Gasteiger partial charge in [0.1, 0.15) is 11.5 Å². The lowest BCUT2D eigenvalue weighted by atomic mass is 10.1. The summed E-state index contributed by atoms with van der Waals surface area (Å²) < 4.78 is 17.1. The first kappa shape index (κ1) is 19.2. The average Bonchev–Trinajstić information content (AvgIpc) is 3.59. The quantitative estimate of drug-likeness (QED) is 0.731. The highest BCUT2D eigenvalue weighted by atomic mass is 16.5. The van der Waals surface area contributed by atoms with E-state index in [0.29, 0.717) is 13.0 Å². The van der Waals surface area contributed by atoms with E-state index in [4.69, 9.17) is 14.2 Å². The number of amides is 1. The summed E-state index contributed by atoms with van der Waals surface area (Å²) in [7, 11) is 1.67. The second kappa shape index (κ2) is 8.19. The highest BCUT2D eigenvalue weighted by molar-refractivity contribution is 5.99. The summed E-state index contributed by atoms with van der Waals surface area (Å²) in [4.78, 5) is 17.1. The van der Waals surface area contributed by atoms with Gasteiger partial charge >= 0.3 is 0 Å². The van der Waals surface area contributed by atoms with Crippen LogP contribution in [0.15, 0.2) is 42.5 Å². The number of methoxy groups -OCH3 is 1.